The highest BCUT2D eigenvalue weighted by molar-refractivity contribution is 5.78. The number of rotatable bonds is 4. The fourth-order valence-electron chi connectivity index (χ4n) is 2.93. The van der Waals surface area contributed by atoms with Crippen LogP contribution in [0.25, 0.3) is 0 Å². The molecule has 1 fully saturated rings. The van der Waals surface area contributed by atoms with Crippen LogP contribution in [0.1, 0.15) is 49.3 Å². The monoisotopic (exact) mass is 317 g/mol. The van der Waals surface area contributed by atoms with Crippen molar-refractivity contribution in [3.8, 4) is 11.8 Å². The van der Waals surface area contributed by atoms with Gasteiger partial charge in [0.05, 0.1) is 6.21 Å². The Hall–Kier alpha value is -2.53. The van der Waals surface area contributed by atoms with E-state index in [1.165, 1.54) is 32.1 Å². The standard InChI is InChI=1S/C22H23NO/c1-4-10-19(11-5-1)16-17-22(21-14-8-3-9-15-21)24-23-18-20-12-6-2-7-13-20/h2-3,6-9,12-15,18-19,22H,1,4-5,10-11H2/b23-18+. The largest absolute Gasteiger partial charge is 0.374 e. The van der Waals surface area contributed by atoms with Gasteiger partial charge in [0.2, 0.25) is 6.10 Å². The van der Waals surface area contributed by atoms with E-state index in [2.05, 4.69) is 17.0 Å². The number of nitrogens with zero attached hydrogens (tertiary/aromatic N) is 1. The number of hydrogen-bond donors (Lipinski definition) is 0. The van der Waals surface area contributed by atoms with Gasteiger partial charge in [0.15, 0.2) is 0 Å². The van der Waals surface area contributed by atoms with Crippen LogP contribution in [0.4, 0.5) is 0 Å². The van der Waals surface area contributed by atoms with Crippen molar-refractivity contribution in [3.05, 3.63) is 71.8 Å². The van der Waals surface area contributed by atoms with E-state index in [9.17, 15) is 0 Å². The molecule has 2 nitrogen and oxygen atoms in total. The normalized spacial score (nSPS) is 16.3. The Balaban J connectivity index is 1.70. The maximum absolute atomic E-state index is 5.72. The topological polar surface area (TPSA) is 21.6 Å². The molecule has 2 aromatic rings. The Kier molecular flexibility index (Phi) is 6.08. The lowest BCUT2D eigenvalue weighted by Crippen LogP contribution is -2.05. The first-order valence-electron chi connectivity index (χ1n) is 8.72. The summed E-state index contributed by atoms with van der Waals surface area (Å²) < 4.78 is 0. The molecule has 1 unspecified atom stereocenters. The molecule has 24 heavy (non-hydrogen) atoms. The summed E-state index contributed by atoms with van der Waals surface area (Å²) in [6.45, 7) is 0. The summed E-state index contributed by atoms with van der Waals surface area (Å²) in [5.41, 5.74) is 2.07. The quantitative estimate of drug-likeness (QED) is 0.422. The molecule has 0 radical (unpaired) electrons. The van der Waals surface area contributed by atoms with Crippen LogP contribution in [0.2, 0.25) is 0 Å². The second-order valence-electron chi connectivity index (χ2n) is 6.16. The lowest BCUT2D eigenvalue weighted by molar-refractivity contribution is 0.101. The van der Waals surface area contributed by atoms with E-state index >= 15 is 0 Å². The molecule has 0 aliphatic heterocycles. The van der Waals surface area contributed by atoms with Crippen molar-refractivity contribution in [1.82, 2.24) is 0 Å². The third-order valence-corrected chi connectivity index (χ3v) is 4.29. The summed E-state index contributed by atoms with van der Waals surface area (Å²) in [7, 11) is 0. The lowest BCUT2D eigenvalue weighted by Gasteiger charge is -2.16. The van der Waals surface area contributed by atoms with Gasteiger partial charge in [0.25, 0.3) is 0 Å². The predicted octanol–water partition coefficient (Wildman–Crippen LogP) is 5.36. The highest BCUT2D eigenvalue weighted by atomic mass is 16.6. The second kappa shape index (κ2) is 8.93. The molecule has 122 valence electrons. The summed E-state index contributed by atoms with van der Waals surface area (Å²) in [5, 5.41) is 4.15. The molecular weight excluding hydrogens is 294 g/mol. The van der Waals surface area contributed by atoms with E-state index in [1.807, 2.05) is 60.7 Å². The molecule has 1 aliphatic rings. The third-order valence-electron chi connectivity index (χ3n) is 4.29. The first-order chi connectivity index (χ1) is 11.9. The van der Waals surface area contributed by atoms with Crippen LogP contribution in [0.3, 0.4) is 0 Å². The van der Waals surface area contributed by atoms with Gasteiger partial charge >= 0.3 is 0 Å². The van der Waals surface area contributed by atoms with Gasteiger partial charge in [-0.1, -0.05) is 96.9 Å². The number of oxime groups is 1. The van der Waals surface area contributed by atoms with Gasteiger partial charge in [-0.15, -0.1) is 0 Å². The minimum absolute atomic E-state index is 0.312. The fraction of sp³-hybridized carbons (Fsp3) is 0.318. The van der Waals surface area contributed by atoms with E-state index in [-0.39, 0.29) is 6.10 Å². The molecule has 1 atom stereocenters. The average Bonchev–Trinajstić information content (AvgIpc) is 2.67. The molecule has 2 aromatic carbocycles. The van der Waals surface area contributed by atoms with Crippen LogP contribution in [0.15, 0.2) is 65.8 Å². The summed E-state index contributed by atoms with van der Waals surface area (Å²) in [6, 6.07) is 20.1. The van der Waals surface area contributed by atoms with Crippen LogP contribution in [0.5, 0.6) is 0 Å². The summed E-state index contributed by atoms with van der Waals surface area (Å²) in [5.74, 6) is 7.23. The van der Waals surface area contributed by atoms with Gasteiger partial charge in [0.1, 0.15) is 0 Å². The zero-order chi connectivity index (χ0) is 16.5. The van der Waals surface area contributed by atoms with Gasteiger partial charge in [-0.3, -0.25) is 0 Å². The molecule has 0 bridgehead atoms. The Bertz CT molecular complexity index is 691. The van der Waals surface area contributed by atoms with Gasteiger partial charge in [0, 0.05) is 11.5 Å². The Morgan fingerprint density at radius 1 is 0.917 bits per heavy atom. The number of benzene rings is 2. The van der Waals surface area contributed by atoms with Crippen LogP contribution in [-0.2, 0) is 4.84 Å². The molecule has 0 aromatic heterocycles. The molecule has 1 aliphatic carbocycles. The molecule has 0 heterocycles. The Morgan fingerprint density at radius 3 is 2.29 bits per heavy atom. The van der Waals surface area contributed by atoms with Gasteiger partial charge in [-0.2, -0.15) is 0 Å². The first kappa shape index (κ1) is 16.3. The predicted molar refractivity (Wildman–Crippen MR) is 98.7 cm³/mol. The molecule has 0 saturated heterocycles. The molecule has 2 heteroatoms. The van der Waals surface area contributed by atoms with Crippen LogP contribution >= 0.6 is 0 Å². The van der Waals surface area contributed by atoms with Crippen molar-refractivity contribution < 1.29 is 4.84 Å². The second-order valence-corrected chi connectivity index (χ2v) is 6.16. The highest BCUT2D eigenvalue weighted by Crippen LogP contribution is 2.24. The smallest absolute Gasteiger partial charge is 0.212 e. The van der Waals surface area contributed by atoms with Crippen molar-refractivity contribution in [3.63, 3.8) is 0 Å². The maximum atomic E-state index is 5.72. The minimum atomic E-state index is -0.312. The molecule has 0 amide bonds. The van der Waals surface area contributed by atoms with E-state index in [1.54, 1.807) is 6.21 Å². The summed E-state index contributed by atoms with van der Waals surface area (Å²) in [4.78, 5) is 5.72. The maximum Gasteiger partial charge on any atom is 0.212 e. The Morgan fingerprint density at radius 2 is 1.58 bits per heavy atom. The average molecular weight is 317 g/mol. The summed E-state index contributed by atoms with van der Waals surface area (Å²) in [6.07, 6.45) is 7.78. The van der Waals surface area contributed by atoms with Crippen molar-refractivity contribution in [1.29, 1.82) is 0 Å². The van der Waals surface area contributed by atoms with Crippen LogP contribution in [0, 0.1) is 17.8 Å². The van der Waals surface area contributed by atoms with Crippen LogP contribution < -0.4 is 0 Å². The fourth-order valence-corrected chi connectivity index (χ4v) is 2.93. The zero-order valence-corrected chi connectivity index (χ0v) is 13.9. The van der Waals surface area contributed by atoms with Gasteiger partial charge in [-0.05, 0) is 18.4 Å². The number of hydrogen-bond acceptors (Lipinski definition) is 2. The van der Waals surface area contributed by atoms with Crippen LogP contribution in [-0.4, -0.2) is 6.21 Å². The molecule has 0 spiro atoms. The molecule has 0 N–H and O–H groups in total. The Labute approximate surface area is 144 Å². The van der Waals surface area contributed by atoms with Gasteiger partial charge < -0.3 is 4.84 Å². The van der Waals surface area contributed by atoms with Crippen molar-refractivity contribution in [2.24, 2.45) is 11.1 Å². The molecule has 3 rings (SSSR count). The highest BCUT2D eigenvalue weighted by Gasteiger charge is 2.12. The zero-order valence-electron chi connectivity index (χ0n) is 13.9. The molecule has 1 saturated carbocycles. The minimum Gasteiger partial charge on any atom is -0.374 e. The molecular formula is C22H23NO. The lowest BCUT2D eigenvalue weighted by atomic mass is 9.89. The SMILES string of the molecule is C(#CC(O/N=C/c1ccccc1)c1ccccc1)C1CCCCC1. The van der Waals surface area contributed by atoms with E-state index < -0.39 is 0 Å². The van der Waals surface area contributed by atoms with E-state index in [0.29, 0.717) is 5.92 Å². The van der Waals surface area contributed by atoms with E-state index in [0.717, 1.165) is 11.1 Å². The van der Waals surface area contributed by atoms with Crippen molar-refractivity contribution in [2.45, 2.75) is 38.2 Å². The first-order valence-corrected chi connectivity index (χ1v) is 8.72. The van der Waals surface area contributed by atoms with Crippen molar-refractivity contribution >= 4 is 6.21 Å². The third kappa shape index (κ3) is 4.99. The van der Waals surface area contributed by atoms with Crippen molar-refractivity contribution in [2.75, 3.05) is 0 Å². The van der Waals surface area contributed by atoms with Gasteiger partial charge in [-0.25, -0.2) is 0 Å². The van der Waals surface area contributed by atoms with E-state index in [4.69, 9.17) is 4.84 Å². The summed E-state index contributed by atoms with van der Waals surface area (Å²) >= 11 is 0.